The van der Waals surface area contributed by atoms with E-state index in [9.17, 15) is 0 Å². The first-order chi connectivity index (χ1) is 21.4. The molecule has 0 aliphatic heterocycles. The van der Waals surface area contributed by atoms with Gasteiger partial charge in [-0.1, -0.05) is 155 Å². The van der Waals surface area contributed by atoms with Crippen LogP contribution in [-0.2, 0) is 10.8 Å². The summed E-state index contributed by atoms with van der Waals surface area (Å²) < 4.78 is 0. The van der Waals surface area contributed by atoms with Crippen LogP contribution in [0, 0.1) is 0 Å². The third-order valence-electron chi connectivity index (χ3n) is 10.6. The van der Waals surface area contributed by atoms with Crippen molar-refractivity contribution in [3.63, 3.8) is 0 Å². The van der Waals surface area contributed by atoms with Crippen LogP contribution in [0.25, 0.3) is 66.1 Å². The molecule has 210 valence electrons. The summed E-state index contributed by atoms with van der Waals surface area (Å²) >= 11 is 0. The molecular weight excluding hydrogens is 528 g/mol. The summed E-state index contributed by atoms with van der Waals surface area (Å²) in [5.41, 5.74) is 16.4. The Morgan fingerprint density at radius 3 is 1.55 bits per heavy atom. The smallest absolute Gasteiger partial charge is 0.0165 e. The van der Waals surface area contributed by atoms with Crippen LogP contribution in [0.4, 0.5) is 0 Å². The highest BCUT2D eigenvalue weighted by Crippen LogP contribution is 2.59. The van der Waals surface area contributed by atoms with E-state index in [-0.39, 0.29) is 10.8 Å². The molecule has 44 heavy (non-hydrogen) atoms. The average Bonchev–Trinajstić information content (AvgIpc) is 3.43. The van der Waals surface area contributed by atoms with E-state index in [0.717, 1.165) is 0 Å². The first-order valence-electron chi connectivity index (χ1n) is 15.8. The summed E-state index contributed by atoms with van der Waals surface area (Å²) in [6, 6.07) is 49.9. The molecule has 0 bridgehead atoms. The lowest BCUT2D eigenvalue weighted by atomic mass is 9.77. The second kappa shape index (κ2) is 8.80. The third kappa shape index (κ3) is 3.23. The zero-order chi connectivity index (χ0) is 29.8. The van der Waals surface area contributed by atoms with Gasteiger partial charge in [0.25, 0.3) is 0 Å². The van der Waals surface area contributed by atoms with Crippen molar-refractivity contribution < 1.29 is 0 Å². The number of rotatable bonds is 2. The van der Waals surface area contributed by atoms with Crippen molar-refractivity contribution >= 4 is 21.5 Å². The van der Waals surface area contributed by atoms with Crippen molar-refractivity contribution in [3.05, 3.63) is 156 Å². The van der Waals surface area contributed by atoms with Gasteiger partial charge in [-0.25, -0.2) is 0 Å². The molecule has 7 aromatic carbocycles. The zero-order valence-corrected chi connectivity index (χ0v) is 25.7. The fourth-order valence-corrected chi connectivity index (χ4v) is 8.61. The number of benzene rings is 7. The van der Waals surface area contributed by atoms with Gasteiger partial charge in [0.1, 0.15) is 0 Å². The minimum Gasteiger partial charge on any atom is -0.0622 e. The molecule has 0 radical (unpaired) electrons. The average molecular weight is 563 g/mol. The van der Waals surface area contributed by atoms with Gasteiger partial charge < -0.3 is 0 Å². The quantitative estimate of drug-likeness (QED) is 0.184. The van der Waals surface area contributed by atoms with Gasteiger partial charge in [-0.2, -0.15) is 0 Å². The number of hydrogen-bond acceptors (Lipinski definition) is 0. The minimum absolute atomic E-state index is 0.0483. The molecule has 0 unspecified atom stereocenters. The van der Waals surface area contributed by atoms with Crippen LogP contribution in [0.1, 0.15) is 49.9 Å². The molecule has 0 heterocycles. The summed E-state index contributed by atoms with van der Waals surface area (Å²) in [5.74, 6) is 0. The van der Waals surface area contributed by atoms with Crippen molar-refractivity contribution in [1.82, 2.24) is 0 Å². The first-order valence-corrected chi connectivity index (χ1v) is 15.8. The SMILES string of the molecule is CC1(C)c2cc(-c3c4ccccc4c(-c4ccccc4)c4ccccc34)ccc2-c2c1ccc1c2C(C)(C)c2ccccc2-1. The molecule has 0 atom stereocenters. The lowest BCUT2D eigenvalue weighted by Gasteiger charge is -2.26. The molecule has 0 fully saturated rings. The Kier molecular flexibility index (Phi) is 5.11. The van der Waals surface area contributed by atoms with Crippen molar-refractivity contribution in [2.45, 2.75) is 38.5 Å². The van der Waals surface area contributed by atoms with Crippen molar-refractivity contribution in [1.29, 1.82) is 0 Å². The number of fused-ring (bicyclic) bond motifs is 9. The summed E-state index contributed by atoms with van der Waals surface area (Å²) in [6.07, 6.45) is 0. The number of hydrogen-bond donors (Lipinski definition) is 0. The van der Waals surface area contributed by atoms with E-state index >= 15 is 0 Å². The maximum atomic E-state index is 2.51. The second-order valence-electron chi connectivity index (χ2n) is 13.7. The topological polar surface area (TPSA) is 0 Å². The first kappa shape index (κ1) is 25.5. The molecule has 2 aliphatic rings. The van der Waals surface area contributed by atoms with E-state index in [1.807, 2.05) is 0 Å². The highest BCUT2D eigenvalue weighted by atomic mass is 14.5. The lowest BCUT2D eigenvalue weighted by Crippen LogP contribution is -2.18. The van der Waals surface area contributed by atoms with Crippen molar-refractivity contribution in [3.8, 4) is 44.5 Å². The Morgan fingerprint density at radius 2 is 0.886 bits per heavy atom. The maximum absolute atomic E-state index is 2.51. The van der Waals surface area contributed by atoms with E-state index in [1.54, 1.807) is 0 Å². The monoisotopic (exact) mass is 562 g/mol. The molecule has 2 aliphatic carbocycles. The highest BCUT2D eigenvalue weighted by molar-refractivity contribution is 6.21. The van der Waals surface area contributed by atoms with Crippen LogP contribution >= 0.6 is 0 Å². The lowest BCUT2D eigenvalue weighted by molar-refractivity contribution is 0.647. The van der Waals surface area contributed by atoms with E-state index in [0.29, 0.717) is 0 Å². The normalized spacial score (nSPS) is 15.2. The predicted octanol–water partition coefficient (Wildman–Crippen LogP) is 11.9. The Bertz CT molecular complexity index is 2260. The molecule has 0 heteroatoms. The largest absolute Gasteiger partial charge is 0.0622 e. The van der Waals surface area contributed by atoms with Crippen LogP contribution in [0.2, 0.25) is 0 Å². The molecule has 0 spiro atoms. The van der Waals surface area contributed by atoms with Crippen molar-refractivity contribution in [2.75, 3.05) is 0 Å². The Balaban J connectivity index is 1.32. The molecule has 0 saturated heterocycles. The Hall–Kier alpha value is -4.94. The molecule has 9 rings (SSSR count). The van der Waals surface area contributed by atoms with Crippen molar-refractivity contribution in [2.24, 2.45) is 0 Å². The zero-order valence-electron chi connectivity index (χ0n) is 25.7. The second-order valence-corrected chi connectivity index (χ2v) is 13.7. The molecule has 0 N–H and O–H groups in total. The van der Waals surface area contributed by atoms with Crippen LogP contribution in [0.3, 0.4) is 0 Å². The van der Waals surface area contributed by atoms with Crippen LogP contribution in [-0.4, -0.2) is 0 Å². The van der Waals surface area contributed by atoms with Gasteiger partial charge in [0.15, 0.2) is 0 Å². The van der Waals surface area contributed by atoms with E-state index < -0.39 is 0 Å². The fraction of sp³-hybridized carbons (Fsp3) is 0.136. The van der Waals surface area contributed by atoms with Crippen LogP contribution in [0.5, 0.6) is 0 Å². The van der Waals surface area contributed by atoms with Gasteiger partial charge in [-0.3, -0.25) is 0 Å². The summed E-state index contributed by atoms with van der Waals surface area (Å²) in [7, 11) is 0. The highest BCUT2D eigenvalue weighted by Gasteiger charge is 2.44. The summed E-state index contributed by atoms with van der Waals surface area (Å²) in [5, 5.41) is 5.20. The predicted molar refractivity (Wildman–Crippen MR) is 187 cm³/mol. The van der Waals surface area contributed by atoms with Gasteiger partial charge >= 0.3 is 0 Å². The molecule has 0 nitrogen and oxygen atoms in total. The summed E-state index contributed by atoms with van der Waals surface area (Å²) in [6.45, 7) is 9.64. The molecular formula is C44H34. The maximum Gasteiger partial charge on any atom is 0.0165 e. The van der Waals surface area contributed by atoms with E-state index in [1.165, 1.54) is 88.3 Å². The fourth-order valence-electron chi connectivity index (χ4n) is 8.61. The van der Waals surface area contributed by atoms with Crippen LogP contribution in [0.15, 0.2) is 133 Å². The Morgan fingerprint density at radius 1 is 0.341 bits per heavy atom. The minimum atomic E-state index is -0.101. The molecule has 0 aromatic heterocycles. The van der Waals surface area contributed by atoms with Gasteiger partial charge in [0.05, 0.1) is 0 Å². The standard InChI is InChI=1S/C44H34/c1-43(2)37-25-24-34-29-16-12-13-21-36(29)44(3,4)42(34)41(37)35-23-22-28(26-38(35)43)40-32-19-10-8-17-30(32)39(27-14-6-5-7-15-27)31-18-9-11-20-33(31)40/h5-26H,1-4H3. The molecule has 0 saturated carbocycles. The van der Waals surface area contributed by atoms with Crippen LogP contribution < -0.4 is 0 Å². The molecule has 7 aromatic rings. The molecule has 0 amide bonds. The third-order valence-corrected chi connectivity index (χ3v) is 10.6. The Labute approximate surface area is 259 Å². The summed E-state index contributed by atoms with van der Waals surface area (Å²) in [4.78, 5) is 0. The van der Waals surface area contributed by atoms with Gasteiger partial charge in [0, 0.05) is 10.8 Å². The van der Waals surface area contributed by atoms with E-state index in [2.05, 4.69) is 161 Å². The van der Waals surface area contributed by atoms with Gasteiger partial charge in [-0.15, -0.1) is 0 Å². The van der Waals surface area contributed by atoms with Gasteiger partial charge in [-0.05, 0) is 94.4 Å². The van der Waals surface area contributed by atoms with Gasteiger partial charge in [0.2, 0.25) is 0 Å². The van der Waals surface area contributed by atoms with E-state index in [4.69, 9.17) is 0 Å².